The van der Waals surface area contributed by atoms with Crippen molar-refractivity contribution in [2.45, 2.75) is 33.6 Å². The van der Waals surface area contributed by atoms with Crippen LogP contribution in [0, 0.1) is 13.8 Å². The van der Waals surface area contributed by atoms with Gasteiger partial charge in [-0.1, -0.05) is 37.1 Å². The Bertz CT molecular complexity index is 1010. The first-order chi connectivity index (χ1) is 15.3. The van der Waals surface area contributed by atoms with Crippen molar-refractivity contribution in [2.75, 3.05) is 18.5 Å². The number of carbonyl (C=O) groups excluding carboxylic acids is 3. The molecule has 3 N–H and O–H groups in total. The molecule has 3 amide bonds. The number of nitrogens with zero attached hydrogens (tertiary/aromatic N) is 1. The highest BCUT2D eigenvalue weighted by atomic mass is 35.5. The minimum atomic E-state index is -0.880. The van der Waals surface area contributed by atoms with E-state index in [0.29, 0.717) is 22.9 Å². The lowest BCUT2D eigenvalue weighted by atomic mass is 10.1. The SMILES string of the molecule is CCCCNC(=O)C(=O)N/N=C\c1cc(Cl)ccc1OCC(=O)Nc1cc(C)ccc1C. The van der Waals surface area contributed by atoms with Crippen LogP contribution in [0.4, 0.5) is 5.69 Å². The van der Waals surface area contributed by atoms with Gasteiger partial charge in [0.25, 0.3) is 5.91 Å². The maximum Gasteiger partial charge on any atom is 0.329 e. The van der Waals surface area contributed by atoms with E-state index in [0.717, 1.165) is 29.7 Å². The number of aryl methyl sites for hydroxylation is 2. The fraction of sp³-hybridized carbons (Fsp3) is 0.304. The van der Waals surface area contributed by atoms with Gasteiger partial charge in [0.15, 0.2) is 6.61 Å². The Labute approximate surface area is 192 Å². The third kappa shape index (κ3) is 8.03. The molecule has 0 radical (unpaired) electrons. The standard InChI is InChI=1S/C23H27ClN4O4/c1-4-5-10-25-22(30)23(31)28-26-13-17-12-18(24)8-9-20(17)32-14-21(29)27-19-11-15(2)6-7-16(19)3/h6-9,11-13H,4-5,10,14H2,1-3H3,(H,25,30)(H,27,29)(H,28,31)/b26-13-. The molecule has 0 bridgehead atoms. The largest absolute Gasteiger partial charge is 0.483 e. The van der Waals surface area contributed by atoms with Crippen molar-refractivity contribution in [3.63, 3.8) is 0 Å². The summed E-state index contributed by atoms with van der Waals surface area (Å²) in [4.78, 5) is 35.8. The number of rotatable bonds is 9. The molecule has 0 atom stereocenters. The van der Waals surface area contributed by atoms with Gasteiger partial charge in [-0.25, -0.2) is 5.43 Å². The second-order valence-electron chi connectivity index (χ2n) is 7.15. The molecule has 2 aromatic carbocycles. The highest BCUT2D eigenvalue weighted by Crippen LogP contribution is 2.22. The van der Waals surface area contributed by atoms with Crippen molar-refractivity contribution in [3.05, 3.63) is 58.1 Å². The van der Waals surface area contributed by atoms with Gasteiger partial charge < -0.3 is 15.4 Å². The van der Waals surface area contributed by atoms with E-state index >= 15 is 0 Å². The van der Waals surface area contributed by atoms with Crippen LogP contribution in [0.3, 0.4) is 0 Å². The highest BCUT2D eigenvalue weighted by molar-refractivity contribution is 6.35. The van der Waals surface area contributed by atoms with Crippen LogP contribution in [-0.4, -0.2) is 37.1 Å². The minimum Gasteiger partial charge on any atom is -0.483 e. The van der Waals surface area contributed by atoms with Crippen molar-refractivity contribution in [1.29, 1.82) is 0 Å². The summed E-state index contributed by atoms with van der Waals surface area (Å²) < 4.78 is 5.61. The first-order valence-corrected chi connectivity index (χ1v) is 10.6. The van der Waals surface area contributed by atoms with E-state index in [1.807, 2.05) is 39.0 Å². The molecule has 0 unspecified atom stereocenters. The van der Waals surface area contributed by atoms with Gasteiger partial charge in [-0.2, -0.15) is 5.10 Å². The summed E-state index contributed by atoms with van der Waals surface area (Å²) in [6, 6.07) is 10.5. The topological polar surface area (TPSA) is 109 Å². The van der Waals surface area contributed by atoms with Crippen LogP contribution in [0.5, 0.6) is 5.75 Å². The lowest BCUT2D eigenvalue weighted by Crippen LogP contribution is -2.38. The number of nitrogens with one attached hydrogen (secondary N) is 3. The molecule has 170 valence electrons. The molecule has 0 saturated carbocycles. The number of halogens is 1. The average molecular weight is 459 g/mol. The summed E-state index contributed by atoms with van der Waals surface area (Å²) in [5, 5.41) is 9.52. The molecule has 0 aliphatic rings. The normalized spacial score (nSPS) is 10.6. The zero-order valence-electron chi connectivity index (χ0n) is 18.3. The van der Waals surface area contributed by atoms with Crippen molar-refractivity contribution < 1.29 is 19.1 Å². The zero-order valence-corrected chi connectivity index (χ0v) is 19.1. The van der Waals surface area contributed by atoms with Gasteiger partial charge in [0.05, 0.1) is 6.21 Å². The monoisotopic (exact) mass is 458 g/mol. The Kier molecular flexibility index (Phi) is 9.69. The van der Waals surface area contributed by atoms with Crippen LogP contribution >= 0.6 is 11.6 Å². The molecule has 0 aromatic heterocycles. The summed E-state index contributed by atoms with van der Waals surface area (Å²) in [7, 11) is 0. The first-order valence-electron chi connectivity index (χ1n) is 10.2. The van der Waals surface area contributed by atoms with Gasteiger partial charge in [0, 0.05) is 22.8 Å². The molecule has 8 nitrogen and oxygen atoms in total. The Morgan fingerprint density at radius 2 is 1.88 bits per heavy atom. The number of benzene rings is 2. The van der Waals surface area contributed by atoms with E-state index in [9.17, 15) is 14.4 Å². The molecule has 0 spiro atoms. The van der Waals surface area contributed by atoms with Crippen LogP contribution < -0.4 is 20.8 Å². The molecule has 2 rings (SSSR count). The predicted molar refractivity (Wildman–Crippen MR) is 125 cm³/mol. The molecule has 9 heteroatoms. The zero-order chi connectivity index (χ0) is 23.5. The van der Waals surface area contributed by atoms with E-state index in [-0.39, 0.29) is 12.5 Å². The molecule has 2 aromatic rings. The van der Waals surface area contributed by atoms with E-state index in [1.54, 1.807) is 18.2 Å². The second kappa shape index (κ2) is 12.5. The van der Waals surface area contributed by atoms with Crippen LogP contribution in [0.25, 0.3) is 0 Å². The van der Waals surface area contributed by atoms with Crippen LogP contribution in [0.2, 0.25) is 5.02 Å². The molecular formula is C23H27ClN4O4. The third-order valence-electron chi connectivity index (χ3n) is 4.39. The quantitative estimate of drug-likeness (QED) is 0.232. The molecule has 0 aliphatic carbocycles. The van der Waals surface area contributed by atoms with E-state index in [4.69, 9.17) is 16.3 Å². The van der Waals surface area contributed by atoms with Gasteiger partial charge in [-0.3, -0.25) is 14.4 Å². The lowest BCUT2D eigenvalue weighted by molar-refractivity contribution is -0.139. The van der Waals surface area contributed by atoms with Gasteiger partial charge >= 0.3 is 11.8 Å². The molecule has 0 aliphatic heterocycles. The van der Waals surface area contributed by atoms with Gasteiger partial charge in [0.1, 0.15) is 5.75 Å². The van der Waals surface area contributed by atoms with E-state index in [1.165, 1.54) is 6.21 Å². The first kappa shape index (κ1) is 24.9. The Balaban J connectivity index is 1.96. The Morgan fingerprint density at radius 1 is 1.09 bits per heavy atom. The van der Waals surface area contributed by atoms with E-state index < -0.39 is 11.8 Å². The number of unbranched alkanes of at least 4 members (excludes halogenated alkanes) is 1. The highest BCUT2D eigenvalue weighted by Gasteiger charge is 2.12. The molecule has 0 heterocycles. The van der Waals surface area contributed by atoms with Gasteiger partial charge in [-0.05, 0) is 55.7 Å². The number of ether oxygens (including phenoxy) is 1. The fourth-order valence-corrected chi connectivity index (χ4v) is 2.80. The molecule has 0 saturated heterocycles. The Morgan fingerprint density at radius 3 is 2.62 bits per heavy atom. The Hall–Kier alpha value is -3.39. The van der Waals surface area contributed by atoms with Crippen molar-refractivity contribution in [2.24, 2.45) is 5.10 Å². The van der Waals surface area contributed by atoms with Gasteiger partial charge in [0.2, 0.25) is 0 Å². The summed E-state index contributed by atoms with van der Waals surface area (Å²) >= 11 is 6.03. The number of hydrogen-bond acceptors (Lipinski definition) is 5. The maximum absolute atomic E-state index is 12.3. The number of amides is 3. The second-order valence-corrected chi connectivity index (χ2v) is 7.58. The predicted octanol–water partition coefficient (Wildman–Crippen LogP) is 3.34. The molecule has 32 heavy (non-hydrogen) atoms. The van der Waals surface area contributed by atoms with Crippen molar-refractivity contribution >= 4 is 41.2 Å². The lowest BCUT2D eigenvalue weighted by Gasteiger charge is -2.12. The van der Waals surface area contributed by atoms with Crippen LogP contribution in [-0.2, 0) is 14.4 Å². The smallest absolute Gasteiger partial charge is 0.329 e. The maximum atomic E-state index is 12.3. The number of carbonyl (C=O) groups is 3. The summed E-state index contributed by atoms with van der Waals surface area (Å²) in [6.07, 6.45) is 2.98. The van der Waals surface area contributed by atoms with Crippen LogP contribution in [0.15, 0.2) is 41.5 Å². The van der Waals surface area contributed by atoms with E-state index in [2.05, 4.69) is 21.2 Å². The molecule has 0 fully saturated rings. The van der Waals surface area contributed by atoms with Crippen molar-refractivity contribution in [3.8, 4) is 5.75 Å². The number of hydrogen-bond donors (Lipinski definition) is 3. The van der Waals surface area contributed by atoms with Crippen LogP contribution in [0.1, 0.15) is 36.5 Å². The number of hydrazone groups is 1. The average Bonchev–Trinajstić information content (AvgIpc) is 2.75. The summed E-state index contributed by atoms with van der Waals surface area (Å²) in [6.45, 7) is 6.01. The molecular weight excluding hydrogens is 432 g/mol. The third-order valence-corrected chi connectivity index (χ3v) is 4.62. The fourth-order valence-electron chi connectivity index (χ4n) is 2.62. The minimum absolute atomic E-state index is 0.234. The summed E-state index contributed by atoms with van der Waals surface area (Å²) in [5.74, 6) is -1.62. The van der Waals surface area contributed by atoms with Crippen molar-refractivity contribution in [1.82, 2.24) is 10.7 Å². The van der Waals surface area contributed by atoms with Gasteiger partial charge in [-0.15, -0.1) is 0 Å². The number of anilines is 1. The summed E-state index contributed by atoms with van der Waals surface area (Å²) in [5.41, 5.74) is 5.28.